The van der Waals surface area contributed by atoms with Crippen LogP contribution >= 0.6 is 0 Å². The molecule has 1 aromatic rings. The van der Waals surface area contributed by atoms with Crippen molar-refractivity contribution in [2.24, 2.45) is 5.92 Å². The maximum absolute atomic E-state index is 12.1. The predicted octanol–water partition coefficient (Wildman–Crippen LogP) is 1.30. The second-order valence-corrected chi connectivity index (χ2v) is 6.76. The van der Waals surface area contributed by atoms with Gasteiger partial charge in [0.05, 0.1) is 16.9 Å². The van der Waals surface area contributed by atoms with Crippen molar-refractivity contribution >= 4 is 17.4 Å². The van der Waals surface area contributed by atoms with Crippen LogP contribution in [-0.4, -0.2) is 53.0 Å². The number of aliphatic hydroxyl groups excluding tert-OH is 1. The molecule has 1 aliphatic carbocycles. The van der Waals surface area contributed by atoms with Gasteiger partial charge in [0.25, 0.3) is 5.91 Å². The Labute approximate surface area is 147 Å². The van der Waals surface area contributed by atoms with Gasteiger partial charge in [0, 0.05) is 20.1 Å². The van der Waals surface area contributed by atoms with Crippen LogP contribution in [0.4, 0.5) is 5.69 Å². The van der Waals surface area contributed by atoms with Crippen LogP contribution < -0.4 is 10.6 Å². The van der Waals surface area contributed by atoms with Gasteiger partial charge in [-0.3, -0.25) is 9.59 Å². The number of Topliss-reactive ketones (excluding diaryl/α,β-unsaturated/α-hetero) is 1. The molecule has 7 heteroatoms. The molecule has 1 aliphatic rings. The van der Waals surface area contributed by atoms with Crippen molar-refractivity contribution in [1.29, 1.82) is 0 Å². The van der Waals surface area contributed by atoms with E-state index >= 15 is 0 Å². The summed E-state index contributed by atoms with van der Waals surface area (Å²) in [6.07, 6.45) is -1.20. The monoisotopic (exact) mass is 347 g/mol. The van der Waals surface area contributed by atoms with E-state index in [1.165, 1.54) is 11.0 Å². The van der Waals surface area contributed by atoms with Crippen LogP contribution in [0.15, 0.2) is 29.6 Å². The number of rotatable bonds is 6. The summed E-state index contributed by atoms with van der Waals surface area (Å²) in [5.41, 5.74) is 0.965. The molecule has 0 saturated carbocycles. The third-order valence-corrected chi connectivity index (χ3v) is 4.35. The van der Waals surface area contributed by atoms with Crippen molar-refractivity contribution in [3.63, 3.8) is 0 Å². The minimum atomic E-state index is -1.20. The summed E-state index contributed by atoms with van der Waals surface area (Å²) in [5, 5.41) is 26.2. The van der Waals surface area contributed by atoms with E-state index in [0.717, 1.165) is 0 Å². The lowest BCUT2D eigenvalue weighted by Gasteiger charge is -2.33. The standard InChI is InChI=1S/C18H25N3O4/c1-9(2)10(3)19-13-14(17(24)16(13)23)20-12-8-6-7-11(15(12)22)18(25)21(4)5/h6-10,16,19-20,22-23H,1-5H3/t10-,16?/m0/s1. The quantitative estimate of drug-likeness (QED) is 0.579. The molecule has 1 aromatic carbocycles. The van der Waals surface area contributed by atoms with Crippen molar-refractivity contribution in [3.8, 4) is 5.75 Å². The number of hydrogen-bond acceptors (Lipinski definition) is 6. The lowest BCUT2D eigenvalue weighted by atomic mass is 9.92. The minimum absolute atomic E-state index is 0.0600. The Kier molecular flexibility index (Phi) is 5.37. The zero-order valence-electron chi connectivity index (χ0n) is 15.1. The summed E-state index contributed by atoms with van der Waals surface area (Å²) in [6.45, 7) is 6.01. The average molecular weight is 347 g/mol. The van der Waals surface area contributed by atoms with Crippen molar-refractivity contribution in [3.05, 3.63) is 35.2 Å². The SMILES string of the molecule is CC(C)[C@H](C)NC1=C(Nc2cccc(C(=O)N(C)C)c2O)C(=O)C1O. The molecule has 2 rings (SSSR count). The number of phenols is 1. The molecule has 0 aromatic heterocycles. The largest absolute Gasteiger partial charge is 0.505 e. The van der Waals surface area contributed by atoms with Crippen LogP contribution in [0, 0.1) is 5.92 Å². The number of nitrogens with zero attached hydrogens (tertiary/aromatic N) is 1. The van der Waals surface area contributed by atoms with Gasteiger partial charge in [0.1, 0.15) is 5.70 Å². The smallest absolute Gasteiger partial charge is 0.257 e. The molecule has 25 heavy (non-hydrogen) atoms. The van der Waals surface area contributed by atoms with Crippen LogP contribution in [-0.2, 0) is 4.79 Å². The highest BCUT2D eigenvalue weighted by Gasteiger charge is 2.39. The van der Waals surface area contributed by atoms with Crippen LogP contribution in [0.5, 0.6) is 5.75 Å². The van der Waals surface area contributed by atoms with E-state index in [9.17, 15) is 19.8 Å². The lowest BCUT2D eigenvalue weighted by Crippen LogP contribution is -2.48. The number of amides is 1. The fourth-order valence-electron chi connectivity index (χ4n) is 2.34. The Morgan fingerprint density at radius 2 is 1.88 bits per heavy atom. The van der Waals surface area contributed by atoms with Crippen LogP contribution in [0.25, 0.3) is 0 Å². The van der Waals surface area contributed by atoms with Crippen molar-refractivity contribution in [1.82, 2.24) is 10.2 Å². The number of aromatic hydroxyl groups is 1. The van der Waals surface area contributed by atoms with Gasteiger partial charge in [0.15, 0.2) is 11.9 Å². The second kappa shape index (κ2) is 7.14. The first kappa shape index (κ1) is 18.8. The van der Waals surface area contributed by atoms with Gasteiger partial charge in [-0.25, -0.2) is 0 Å². The summed E-state index contributed by atoms with van der Waals surface area (Å²) in [4.78, 5) is 25.4. The highest BCUT2D eigenvalue weighted by Crippen LogP contribution is 2.32. The summed E-state index contributed by atoms with van der Waals surface area (Å²) < 4.78 is 0. The first-order chi connectivity index (χ1) is 11.6. The maximum atomic E-state index is 12.1. The van der Waals surface area contributed by atoms with E-state index in [1.54, 1.807) is 26.2 Å². The number of phenolic OH excluding ortho intramolecular Hbond substituents is 1. The Morgan fingerprint density at radius 3 is 2.44 bits per heavy atom. The van der Waals surface area contributed by atoms with E-state index in [4.69, 9.17) is 0 Å². The van der Waals surface area contributed by atoms with E-state index in [-0.39, 0.29) is 34.6 Å². The number of carbonyl (C=O) groups is 2. The van der Waals surface area contributed by atoms with Gasteiger partial charge in [-0.15, -0.1) is 0 Å². The Morgan fingerprint density at radius 1 is 1.24 bits per heavy atom. The van der Waals surface area contributed by atoms with Gasteiger partial charge < -0.3 is 25.7 Å². The molecule has 0 bridgehead atoms. The average Bonchev–Trinajstić information content (AvgIpc) is 2.57. The molecule has 7 nitrogen and oxygen atoms in total. The van der Waals surface area contributed by atoms with Crippen molar-refractivity contribution in [2.45, 2.75) is 32.9 Å². The molecular weight excluding hydrogens is 322 g/mol. The van der Waals surface area contributed by atoms with Crippen LogP contribution in [0.3, 0.4) is 0 Å². The summed E-state index contributed by atoms with van der Waals surface area (Å²) in [6, 6.07) is 4.75. The highest BCUT2D eigenvalue weighted by molar-refractivity contribution is 6.11. The molecule has 1 amide bonds. The molecule has 0 radical (unpaired) electrons. The summed E-state index contributed by atoms with van der Waals surface area (Å²) >= 11 is 0. The summed E-state index contributed by atoms with van der Waals surface area (Å²) in [7, 11) is 3.18. The number of anilines is 1. The zero-order valence-corrected chi connectivity index (χ0v) is 15.1. The van der Waals surface area contributed by atoms with Crippen LogP contribution in [0.1, 0.15) is 31.1 Å². The number of aliphatic hydroxyl groups is 1. The van der Waals surface area contributed by atoms with Gasteiger partial charge in [-0.1, -0.05) is 19.9 Å². The number of benzene rings is 1. The number of hydrogen-bond donors (Lipinski definition) is 4. The lowest BCUT2D eigenvalue weighted by molar-refractivity contribution is -0.124. The first-order valence-electron chi connectivity index (χ1n) is 8.18. The molecule has 0 spiro atoms. The topological polar surface area (TPSA) is 102 Å². The fourth-order valence-corrected chi connectivity index (χ4v) is 2.34. The molecule has 0 fully saturated rings. The predicted molar refractivity (Wildman–Crippen MR) is 95.2 cm³/mol. The second-order valence-electron chi connectivity index (χ2n) is 6.76. The minimum Gasteiger partial charge on any atom is -0.505 e. The number of para-hydroxylation sites is 1. The molecule has 2 atom stereocenters. The molecule has 4 N–H and O–H groups in total. The Balaban J connectivity index is 2.32. The van der Waals surface area contributed by atoms with Crippen molar-refractivity contribution in [2.75, 3.05) is 19.4 Å². The normalized spacial score (nSPS) is 18.0. The maximum Gasteiger partial charge on any atom is 0.257 e. The van der Waals surface area contributed by atoms with Crippen molar-refractivity contribution < 1.29 is 19.8 Å². The number of nitrogens with one attached hydrogen (secondary N) is 2. The van der Waals surface area contributed by atoms with Gasteiger partial charge in [-0.2, -0.15) is 0 Å². The molecule has 136 valence electrons. The zero-order chi connectivity index (χ0) is 18.9. The number of carbonyl (C=O) groups excluding carboxylic acids is 2. The molecule has 0 aliphatic heterocycles. The van der Waals surface area contributed by atoms with Gasteiger partial charge in [-0.05, 0) is 25.0 Å². The summed E-state index contributed by atoms with van der Waals surface area (Å²) in [5.74, 6) is -0.727. The molecule has 0 saturated heterocycles. The Hall–Kier alpha value is -2.54. The molecule has 0 heterocycles. The molecule has 1 unspecified atom stereocenters. The van der Waals surface area contributed by atoms with E-state index in [2.05, 4.69) is 10.6 Å². The number of ketones is 1. The molecular formula is C18H25N3O4. The fraction of sp³-hybridized carbons (Fsp3) is 0.444. The van der Waals surface area contributed by atoms with E-state index in [1.807, 2.05) is 20.8 Å². The Bertz CT molecular complexity index is 725. The van der Waals surface area contributed by atoms with E-state index in [0.29, 0.717) is 11.6 Å². The van der Waals surface area contributed by atoms with E-state index < -0.39 is 11.9 Å². The third-order valence-electron chi connectivity index (χ3n) is 4.35. The van der Waals surface area contributed by atoms with Gasteiger partial charge >= 0.3 is 0 Å². The third kappa shape index (κ3) is 3.61. The first-order valence-corrected chi connectivity index (χ1v) is 8.18. The highest BCUT2D eigenvalue weighted by atomic mass is 16.3. The van der Waals surface area contributed by atoms with Gasteiger partial charge in [0.2, 0.25) is 5.78 Å². The van der Waals surface area contributed by atoms with Crippen LogP contribution in [0.2, 0.25) is 0 Å².